The van der Waals surface area contributed by atoms with E-state index < -0.39 is 11.4 Å². The van der Waals surface area contributed by atoms with Gasteiger partial charge in [-0.1, -0.05) is 29.8 Å². The SMILES string of the molecule is CC(C)(CC(=O)NCc1ccccc1Cl)C(=O)O. The van der Waals surface area contributed by atoms with Gasteiger partial charge in [0.15, 0.2) is 0 Å². The molecule has 1 amide bonds. The molecule has 0 bridgehead atoms. The van der Waals surface area contributed by atoms with E-state index in [-0.39, 0.29) is 12.3 Å². The number of halogens is 1. The summed E-state index contributed by atoms with van der Waals surface area (Å²) in [6.07, 6.45) is -0.0627. The van der Waals surface area contributed by atoms with Crippen molar-refractivity contribution >= 4 is 23.5 Å². The number of nitrogens with one attached hydrogen (secondary N) is 1. The molecule has 0 unspecified atom stereocenters. The maximum absolute atomic E-state index is 11.6. The van der Waals surface area contributed by atoms with Gasteiger partial charge in [0.25, 0.3) is 0 Å². The average Bonchev–Trinajstić information content (AvgIpc) is 2.27. The molecule has 0 spiro atoms. The molecule has 4 nitrogen and oxygen atoms in total. The summed E-state index contributed by atoms with van der Waals surface area (Å²) in [5, 5.41) is 12.2. The second kappa shape index (κ2) is 5.87. The summed E-state index contributed by atoms with van der Waals surface area (Å²) in [4.78, 5) is 22.5. The Morgan fingerprint density at radius 3 is 2.50 bits per heavy atom. The minimum Gasteiger partial charge on any atom is -0.481 e. The fraction of sp³-hybridized carbons (Fsp3) is 0.385. The highest BCUT2D eigenvalue weighted by molar-refractivity contribution is 6.31. The predicted molar refractivity (Wildman–Crippen MR) is 69.3 cm³/mol. The number of benzene rings is 1. The number of carbonyl (C=O) groups excluding carboxylic acids is 1. The number of amides is 1. The molecule has 1 aromatic carbocycles. The van der Waals surface area contributed by atoms with Crippen molar-refractivity contribution in [2.75, 3.05) is 0 Å². The maximum Gasteiger partial charge on any atom is 0.309 e. The predicted octanol–water partition coefficient (Wildman–Crippen LogP) is 2.46. The zero-order chi connectivity index (χ0) is 13.8. The van der Waals surface area contributed by atoms with Gasteiger partial charge in [0.05, 0.1) is 5.41 Å². The summed E-state index contributed by atoms with van der Waals surface area (Å²) >= 11 is 5.95. The quantitative estimate of drug-likeness (QED) is 0.863. The Morgan fingerprint density at radius 2 is 1.94 bits per heavy atom. The lowest BCUT2D eigenvalue weighted by Gasteiger charge is -2.18. The Morgan fingerprint density at radius 1 is 1.33 bits per heavy atom. The molecule has 0 aliphatic heterocycles. The highest BCUT2D eigenvalue weighted by Gasteiger charge is 2.29. The zero-order valence-corrected chi connectivity index (χ0v) is 11.1. The molecule has 0 radical (unpaired) electrons. The van der Waals surface area contributed by atoms with E-state index in [4.69, 9.17) is 16.7 Å². The molecule has 0 atom stereocenters. The van der Waals surface area contributed by atoms with Crippen LogP contribution in [0.5, 0.6) is 0 Å². The standard InChI is InChI=1S/C13H16ClNO3/c1-13(2,12(17)18)7-11(16)15-8-9-5-3-4-6-10(9)14/h3-6H,7-8H2,1-2H3,(H,15,16)(H,17,18). The third kappa shape index (κ3) is 4.04. The fourth-order valence-corrected chi connectivity index (χ4v) is 1.58. The van der Waals surface area contributed by atoms with E-state index in [1.165, 1.54) is 13.8 Å². The Labute approximate surface area is 111 Å². The highest BCUT2D eigenvalue weighted by Crippen LogP contribution is 2.20. The van der Waals surface area contributed by atoms with Crippen molar-refractivity contribution in [3.8, 4) is 0 Å². The largest absolute Gasteiger partial charge is 0.481 e. The number of hydrogen-bond donors (Lipinski definition) is 2. The van der Waals surface area contributed by atoms with Gasteiger partial charge >= 0.3 is 5.97 Å². The Bertz CT molecular complexity index is 457. The van der Waals surface area contributed by atoms with Crippen LogP contribution in [0.2, 0.25) is 5.02 Å². The second-order valence-electron chi connectivity index (χ2n) is 4.73. The lowest BCUT2D eigenvalue weighted by molar-refractivity contribution is -0.149. The molecule has 0 fully saturated rings. The normalized spacial score (nSPS) is 11.1. The van der Waals surface area contributed by atoms with E-state index >= 15 is 0 Å². The summed E-state index contributed by atoms with van der Waals surface area (Å²) in [6.45, 7) is 3.34. The van der Waals surface area contributed by atoms with E-state index in [2.05, 4.69) is 5.32 Å². The molecule has 0 saturated heterocycles. The third-order valence-electron chi connectivity index (χ3n) is 2.62. The smallest absolute Gasteiger partial charge is 0.309 e. The van der Waals surface area contributed by atoms with Gasteiger partial charge in [-0.25, -0.2) is 0 Å². The van der Waals surface area contributed by atoms with Crippen molar-refractivity contribution in [1.29, 1.82) is 0 Å². The summed E-state index contributed by atoms with van der Waals surface area (Å²) in [6, 6.07) is 7.19. The van der Waals surface area contributed by atoms with Crippen molar-refractivity contribution in [3.63, 3.8) is 0 Å². The second-order valence-corrected chi connectivity index (χ2v) is 5.14. The molecular formula is C13H16ClNO3. The van der Waals surface area contributed by atoms with E-state index in [0.29, 0.717) is 11.6 Å². The summed E-state index contributed by atoms with van der Waals surface area (Å²) in [5.74, 6) is -1.29. The number of aliphatic carboxylic acids is 1. The number of carboxylic acids is 1. The molecule has 0 aliphatic carbocycles. The first kappa shape index (κ1) is 14.5. The molecule has 2 N–H and O–H groups in total. The van der Waals surface area contributed by atoms with Gasteiger partial charge in [0, 0.05) is 18.0 Å². The van der Waals surface area contributed by atoms with Crippen LogP contribution in [0.3, 0.4) is 0 Å². The van der Waals surface area contributed by atoms with Crippen LogP contribution in [0.1, 0.15) is 25.8 Å². The summed E-state index contributed by atoms with van der Waals surface area (Å²) < 4.78 is 0. The van der Waals surface area contributed by atoms with Gasteiger partial charge in [-0.15, -0.1) is 0 Å². The topological polar surface area (TPSA) is 66.4 Å². The van der Waals surface area contributed by atoms with Crippen molar-refractivity contribution in [1.82, 2.24) is 5.32 Å². The van der Waals surface area contributed by atoms with Crippen LogP contribution in [0, 0.1) is 5.41 Å². The Kier molecular flexibility index (Phi) is 4.73. The molecule has 1 rings (SSSR count). The van der Waals surface area contributed by atoms with E-state index in [1.54, 1.807) is 12.1 Å². The van der Waals surface area contributed by atoms with Crippen LogP contribution in [-0.4, -0.2) is 17.0 Å². The monoisotopic (exact) mass is 269 g/mol. The first-order valence-corrected chi connectivity index (χ1v) is 5.94. The highest BCUT2D eigenvalue weighted by atomic mass is 35.5. The van der Waals surface area contributed by atoms with Gasteiger partial charge in [-0.3, -0.25) is 9.59 Å². The van der Waals surface area contributed by atoms with E-state index in [9.17, 15) is 9.59 Å². The summed E-state index contributed by atoms with van der Waals surface area (Å²) in [7, 11) is 0. The molecule has 5 heteroatoms. The van der Waals surface area contributed by atoms with Crippen molar-refractivity contribution < 1.29 is 14.7 Å². The number of hydrogen-bond acceptors (Lipinski definition) is 2. The van der Waals surface area contributed by atoms with Crippen LogP contribution >= 0.6 is 11.6 Å². The van der Waals surface area contributed by atoms with E-state index in [1.807, 2.05) is 12.1 Å². The van der Waals surface area contributed by atoms with Crippen molar-refractivity contribution in [2.45, 2.75) is 26.8 Å². The van der Waals surface area contributed by atoms with Gasteiger partial charge in [-0.2, -0.15) is 0 Å². The molecule has 0 heterocycles. The first-order valence-electron chi connectivity index (χ1n) is 5.56. The van der Waals surface area contributed by atoms with Crippen LogP contribution in [-0.2, 0) is 16.1 Å². The average molecular weight is 270 g/mol. The Hall–Kier alpha value is -1.55. The number of rotatable bonds is 5. The molecular weight excluding hydrogens is 254 g/mol. The molecule has 18 heavy (non-hydrogen) atoms. The summed E-state index contributed by atoms with van der Waals surface area (Å²) in [5.41, 5.74) is -0.259. The zero-order valence-electron chi connectivity index (χ0n) is 10.4. The number of carbonyl (C=O) groups is 2. The van der Waals surface area contributed by atoms with Gasteiger partial charge in [0.1, 0.15) is 0 Å². The third-order valence-corrected chi connectivity index (χ3v) is 2.98. The molecule has 0 aliphatic rings. The van der Waals surface area contributed by atoms with Gasteiger partial charge in [-0.05, 0) is 25.5 Å². The lowest BCUT2D eigenvalue weighted by atomic mass is 9.89. The van der Waals surface area contributed by atoms with E-state index in [0.717, 1.165) is 5.56 Å². The molecule has 0 saturated carbocycles. The maximum atomic E-state index is 11.6. The lowest BCUT2D eigenvalue weighted by Crippen LogP contribution is -2.33. The van der Waals surface area contributed by atoms with Crippen LogP contribution in [0.4, 0.5) is 0 Å². The van der Waals surface area contributed by atoms with Crippen LogP contribution in [0.25, 0.3) is 0 Å². The first-order chi connectivity index (χ1) is 8.33. The van der Waals surface area contributed by atoms with Gasteiger partial charge in [0.2, 0.25) is 5.91 Å². The minimum absolute atomic E-state index is 0.0627. The number of carboxylic acid groups (broad SMARTS) is 1. The van der Waals surface area contributed by atoms with Crippen LogP contribution in [0.15, 0.2) is 24.3 Å². The fourth-order valence-electron chi connectivity index (χ4n) is 1.38. The molecule has 98 valence electrons. The minimum atomic E-state index is -1.06. The van der Waals surface area contributed by atoms with Gasteiger partial charge < -0.3 is 10.4 Å². The molecule has 0 aromatic heterocycles. The van der Waals surface area contributed by atoms with Crippen molar-refractivity contribution in [3.05, 3.63) is 34.9 Å². The Balaban J connectivity index is 2.53. The van der Waals surface area contributed by atoms with Crippen LogP contribution < -0.4 is 5.32 Å². The molecule has 1 aromatic rings. The van der Waals surface area contributed by atoms with Crippen molar-refractivity contribution in [2.24, 2.45) is 5.41 Å².